The smallest absolute Gasteiger partial charge is 0.193 e. The second-order valence-corrected chi connectivity index (χ2v) is 6.21. The van der Waals surface area contributed by atoms with Crippen LogP contribution in [0, 0.1) is 5.82 Å². The van der Waals surface area contributed by atoms with Gasteiger partial charge in [0.1, 0.15) is 12.1 Å². The number of ketones is 1. The molecule has 3 aromatic carbocycles. The lowest BCUT2D eigenvalue weighted by molar-refractivity contribution is -0.108. The number of hydrogen-bond donors (Lipinski definition) is 0. The van der Waals surface area contributed by atoms with Gasteiger partial charge in [-0.1, -0.05) is 66.7 Å². The first kappa shape index (κ1) is 17.7. The van der Waals surface area contributed by atoms with Crippen LogP contribution in [0.25, 0.3) is 0 Å². The molecule has 2 nitrogen and oxygen atoms in total. The molecule has 0 heterocycles. The minimum absolute atomic E-state index is 0.0369. The molecule has 26 heavy (non-hydrogen) atoms. The fraction of sp³-hybridized carbons (Fsp3) is 0.130. The number of rotatable bonds is 7. The summed E-state index contributed by atoms with van der Waals surface area (Å²) in [6.07, 6.45) is 1.73. The van der Waals surface area contributed by atoms with E-state index in [4.69, 9.17) is 0 Å². The molecule has 0 aliphatic carbocycles. The Morgan fingerprint density at radius 2 is 1.54 bits per heavy atom. The van der Waals surface area contributed by atoms with Gasteiger partial charge in [-0.25, -0.2) is 4.39 Å². The molecule has 0 amide bonds. The molecule has 0 radical (unpaired) electrons. The Morgan fingerprint density at radius 1 is 0.885 bits per heavy atom. The molecule has 0 aromatic heterocycles. The highest BCUT2D eigenvalue weighted by atomic mass is 19.1. The maximum atomic E-state index is 13.2. The van der Waals surface area contributed by atoms with Crippen LogP contribution in [0.3, 0.4) is 0 Å². The fourth-order valence-electron chi connectivity index (χ4n) is 3.12. The molecule has 3 heteroatoms. The summed E-state index contributed by atoms with van der Waals surface area (Å²) in [6.45, 7) is 0. The third-order valence-corrected chi connectivity index (χ3v) is 4.49. The standard InChI is InChI=1S/C23H19FO2/c24-21-12-10-17(11-13-21)19(14-15-25)16-20-8-4-5-9-22(20)23(26)18-6-2-1-3-7-18/h1-13,15,19H,14,16H2/t19-/m1/s1. The van der Waals surface area contributed by atoms with Crippen LogP contribution >= 0.6 is 0 Å². The first-order valence-corrected chi connectivity index (χ1v) is 8.56. The van der Waals surface area contributed by atoms with Gasteiger partial charge in [0.05, 0.1) is 0 Å². The zero-order valence-corrected chi connectivity index (χ0v) is 14.3. The minimum Gasteiger partial charge on any atom is -0.303 e. The second kappa shape index (κ2) is 8.34. The summed E-state index contributed by atoms with van der Waals surface area (Å²) in [5.41, 5.74) is 3.04. The summed E-state index contributed by atoms with van der Waals surface area (Å²) in [6, 6.07) is 22.8. The van der Waals surface area contributed by atoms with Crippen LogP contribution < -0.4 is 0 Å². The van der Waals surface area contributed by atoms with Crippen molar-refractivity contribution in [3.05, 3.63) is 107 Å². The van der Waals surface area contributed by atoms with Crippen molar-refractivity contribution in [2.24, 2.45) is 0 Å². The topological polar surface area (TPSA) is 34.1 Å². The van der Waals surface area contributed by atoms with Crippen molar-refractivity contribution in [1.82, 2.24) is 0 Å². The third-order valence-electron chi connectivity index (χ3n) is 4.49. The van der Waals surface area contributed by atoms with E-state index in [2.05, 4.69) is 0 Å². The summed E-state index contributed by atoms with van der Waals surface area (Å²) in [5, 5.41) is 0. The summed E-state index contributed by atoms with van der Waals surface area (Å²) < 4.78 is 13.2. The van der Waals surface area contributed by atoms with E-state index in [0.29, 0.717) is 24.0 Å². The third kappa shape index (κ3) is 4.12. The maximum Gasteiger partial charge on any atom is 0.193 e. The van der Waals surface area contributed by atoms with E-state index in [1.807, 2.05) is 42.5 Å². The Kier molecular flexibility index (Phi) is 5.69. The fourth-order valence-corrected chi connectivity index (χ4v) is 3.12. The van der Waals surface area contributed by atoms with E-state index in [1.54, 1.807) is 24.3 Å². The van der Waals surface area contributed by atoms with Crippen LogP contribution in [-0.2, 0) is 11.2 Å². The number of halogens is 1. The average Bonchev–Trinajstić information content (AvgIpc) is 2.69. The normalized spacial score (nSPS) is 11.7. The molecule has 0 saturated heterocycles. The lowest BCUT2D eigenvalue weighted by Gasteiger charge is -2.17. The largest absolute Gasteiger partial charge is 0.303 e. The molecule has 0 saturated carbocycles. The van der Waals surface area contributed by atoms with Gasteiger partial charge in [0.15, 0.2) is 5.78 Å². The predicted molar refractivity (Wildman–Crippen MR) is 99.8 cm³/mol. The molecule has 130 valence electrons. The van der Waals surface area contributed by atoms with Crippen molar-refractivity contribution in [2.75, 3.05) is 0 Å². The molecular weight excluding hydrogens is 327 g/mol. The lowest BCUT2D eigenvalue weighted by Crippen LogP contribution is -2.10. The van der Waals surface area contributed by atoms with Gasteiger partial charge >= 0.3 is 0 Å². The molecular formula is C23H19FO2. The van der Waals surface area contributed by atoms with Crippen LogP contribution in [0.1, 0.15) is 39.4 Å². The van der Waals surface area contributed by atoms with Crippen LogP contribution in [-0.4, -0.2) is 12.1 Å². The van der Waals surface area contributed by atoms with E-state index in [9.17, 15) is 14.0 Å². The predicted octanol–water partition coefficient (Wildman–Crippen LogP) is 4.97. The highest BCUT2D eigenvalue weighted by molar-refractivity contribution is 6.09. The van der Waals surface area contributed by atoms with Crippen molar-refractivity contribution in [2.45, 2.75) is 18.8 Å². The first-order chi connectivity index (χ1) is 12.7. The minimum atomic E-state index is -0.307. The Bertz CT molecular complexity index is 886. The van der Waals surface area contributed by atoms with Crippen molar-refractivity contribution in [3.63, 3.8) is 0 Å². The second-order valence-electron chi connectivity index (χ2n) is 6.21. The summed E-state index contributed by atoms with van der Waals surface area (Å²) in [4.78, 5) is 24.0. The Labute approximate surface area is 152 Å². The monoisotopic (exact) mass is 346 g/mol. The van der Waals surface area contributed by atoms with Gasteiger partial charge in [0.2, 0.25) is 0 Å². The number of carbonyl (C=O) groups is 2. The van der Waals surface area contributed by atoms with Crippen molar-refractivity contribution in [3.8, 4) is 0 Å². The van der Waals surface area contributed by atoms with Crippen LogP contribution in [0.4, 0.5) is 4.39 Å². The molecule has 0 bridgehead atoms. The SMILES string of the molecule is O=CC[C@H](Cc1ccccc1C(=O)c1ccccc1)c1ccc(F)cc1. The van der Waals surface area contributed by atoms with Gasteiger partial charge in [-0.2, -0.15) is 0 Å². The molecule has 3 aromatic rings. The maximum absolute atomic E-state index is 13.2. The molecule has 0 aliphatic rings. The number of carbonyl (C=O) groups excluding carboxylic acids is 2. The van der Waals surface area contributed by atoms with Gasteiger partial charge in [0, 0.05) is 17.5 Å². The molecule has 0 N–H and O–H groups in total. The molecule has 1 atom stereocenters. The average molecular weight is 346 g/mol. The molecule has 0 aliphatic heterocycles. The number of hydrogen-bond acceptors (Lipinski definition) is 2. The van der Waals surface area contributed by atoms with Crippen LogP contribution in [0.2, 0.25) is 0 Å². The molecule has 0 spiro atoms. The zero-order chi connectivity index (χ0) is 18.4. The quantitative estimate of drug-likeness (QED) is 0.447. The van der Waals surface area contributed by atoms with Gasteiger partial charge in [0.25, 0.3) is 0 Å². The summed E-state index contributed by atoms with van der Waals surface area (Å²) in [7, 11) is 0. The van der Waals surface area contributed by atoms with Crippen LogP contribution in [0.15, 0.2) is 78.9 Å². The lowest BCUT2D eigenvalue weighted by atomic mass is 9.86. The number of aldehydes is 1. The first-order valence-electron chi connectivity index (χ1n) is 8.56. The highest BCUT2D eigenvalue weighted by Gasteiger charge is 2.18. The van der Waals surface area contributed by atoms with E-state index in [-0.39, 0.29) is 17.5 Å². The van der Waals surface area contributed by atoms with Gasteiger partial charge in [-0.3, -0.25) is 4.79 Å². The number of benzene rings is 3. The summed E-state index contributed by atoms with van der Waals surface area (Å²) >= 11 is 0. The Balaban J connectivity index is 1.92. The van der Waals surface area contributed by atoms with E-state index in [0.717, 1.165) is 17.4 Å². The summed E-state index contributed by atoms with van der Waals surface area (Å²) in [5.74, 6) is -0.443. The van der Waals surface area contributed by atoms with Crippen molar-refractivity contribution >= 4 is 12.1 Å². The van der Waals surface area contributed by atoms with Gasteiger partial charge in [-0.05, 0) is 35.6 Å². The van der Waals surface area contributed by atoms with Crippen molar-refractivity contribution < 1.29 is 14.0 Å². The van der Waals surface area contributed by atoms with Crippen molar-refractivity contribution in [1.29, 1.82) is 0 Å². The van der Waals surface area contributed by atoms with Crippen LogP contribution in [0.5, 0.6) is 0 Å². The Hall–Kier alpha value is -3.07. The molecule has 0 fully saturated rings. The Morgan fingerprint density at radius 3 is 2.23 bits per heavy atom. The zero-order valence-electron chi connectivity index (χ0n) is 14.3. The van der Waals surface area contributed by atoms with Gasteiger partial charge < -0.3 is 4.79 Å². The molecule has 0 unspecified atom stereocenters. The van der Waals surface area contributed by atoms with E-state index in [1.165, 1.54) is 12.1 Å². The van der Waals surface area contributed by atoms with Gasteiger partial charge in [-0.15, -0.1) is 0 Å². The van der Waals surface area contributed by atoms with E-state index < -0.39 is 0 Å². The molecule has 3 rings (SSSR count). The highest BCUT2D eigenvalue weighted by Crippen LogP contribution is 2.26. The van der Waals surface area contributed by atoms with E-state index >= 15 is 0 Å².